The zero-order valence-electron chi connectivity index (χ0n) is 23.8. The molecule has 6 N–H and O–H groups in total. The second-order valence-corrected chi connectivity index (χ2v) is 10.7. The van der Waals surface area contributed by atoms with Crippen molar-refractivity contribution >= 4 is 41.4 Å². The van der Waals surface area contributed by atoms with Gasteiger partial charge < -0.3 is 31.3 Å². The third-order valence-electron chi connectivity index (χ3n) is 7.27. The number of amides is 3. The molecule has 1 rings (SSSR count). The Kier molecular flexibility index (Phi) is 16.9. The molecule has 0 aromatic heterocycles. The molecule has 0 spiro atoms. The first kappa shape index (κ1) is 35.5. The molecule has 0 bridgehead atoms. The lowest BCUT2D eigenvalue weighted by atomic mass is 9.79. The van der Waals surface area contributed by atoms with Gasteiger partial charge in [0.25, 0.3) is 0 Å². The standard InChI is InChI=1S/C28H45N3O10/c1-2-17-29-27(39)21(14-16-25(36)37)30-23(33)15-13-22(28(40)41)31-26(38)19-10-7-18(8-11-19)9-12-20(32)5-3-4-6-24(34)35/h18-19,21-22H,2-17H2,1H3,(H,29,39)(H,30,33)(H,31,38)(H,34,35)(H,36,37)(H,40,41). The highest BCUT2D eigenvalue weighted by Gasteiger charge is 2.30. The second-order valence-electron chi connectivity index (χ2n) is 10.7. The molecular formula is C28H45N3O10. The molecule has 2 atom stereocenters. The number of aliphatic carboxylic acids is 3. The monoisotopic (exact) mass is 583 g/mol. The predicted octanol–water partition coefficient (Wildman–Crippen LogP) is 2.01. The molecule has 2 unspecified atom stereocenters. The van der Waals surface area contributed by atoms with Gasteiger partial charge in [-0.1, -0.05) is 6.92 Å². The van der Waals surface area contributed by atoms with Crippen molar-refractivity contribution in [3.8, 4) is 0 Å². The first-order valence-electron chi connectivity index (χ1n) is 14.5. The van der Waals surface area contributed by atoms with E-state index in [0.29, 0.717) is 63.8 Å². The minimum Gasteiger partial charge on any atom is -0.481 e. The summed E-state index contributed by atoms with van der Waals surface area (Å²) >= 11 is 0. The number of hydrogen-bond acceptors (Lipinski definition) is 7. The average molecular weight is 584 g/mol. The number of carbonyl (C=O) groups excluding carboxylic acids is 4. The van der Waals surface area contributed by atoms with Crippen LogP contribution in [0.2, 0.25) is 0 Å². The molecule has 1 aliphatic carbocycles. The van der Waals surface area contributed by atoms with Crippen molar-refractivity contribution in [3.05, 3.63) is 0 Å². The first-order valence-corrected chi connectivity index (χ1v) is 14.5. The lowest BCUT2D eigenvalue weighted by Gasteiger charge is -2.28. The van der Waals surface area contributed by atoms with Crippen molar-refractivity contribution < 1.29 is 48.9 Å². The maximum atomic E-state index is 12.8. The van der Waals surface area contributed by atoms with E-state index in [1.54, 1.807) is 0 Å². The van der Waals surface area contributed by atoms with Crippen molar-refractivity contribution in [2.75, 3.05) is 6.54 Å². The van der Waals surface area contributed by atoms with Crippen LogP contribution in [0, 0.1) is 11.8 Å². The Morgan fingerprint density at radius 1 is 0.732 bits per heavy atom. The highest BCUT2D eigenvalue weighted by Crippen LogP contribution is 2.32. The van der Waals surface area contributed by atoms with Gasteiger partial charge in [0.05, 0.1) is 0 Å². The van der Waals surface area contributed by atoms with E-state index >= 15 is 0 Å². The number of nitrogens with one attached hydrogen (secondary N) is 3. The van der Waals surface area contributed by atoms with E-state index in [4.69, 9.17) is 10.2 Å². The summed E-state index contributed by atoms with van der Waals surface area (Å²) in [6.07, 6.45) is 4.95. The van der Waals surface area contributed by atoms with E-state index in [9.17, 15) is 38.7 Å². The number of carboxylic acid groups (broad SMARTS) is 3. The molecule has 3 amide bonds. The van der Waals surface area contributed by atoms with Crippen molar-refractivity contribution in [1.82, 2.24) is 16.0 Å². The van der Waals surface area contributed by atoms with Crippen LogP contribution in [0.1, 0.15) is 103 Å². The van der Waals surface area contributed by atoms with Crippen LogP contribution in [0.25, 0.3) is 0 Å². The fourth-order valence-corrected chi connectivity index (χ4v) is 4.80. The number of unbranched alkanes of at least 4 members (excludes halogenated alkanes) is 1. The van der Waals surface area contributed by atoms with Gasteiger partial charge in [0.1, 0.15) is 17.9 Å². The van der Waals surface area contributed by atoms with Crippen LogP contribution in [0.5, 0.6) is 0 Å². The fraction of sp³-hybridized carbons (Fsp3) is 0.750. The molecule has 0 radical (unpaired) electrons. The number of carboxylic acids is 3. The molecule has 13 heteroatoms. The number of ketones is 1. The molecule has 0 aromatic rings. The quantitative estimate of drug-likeness (QED) is 0.108. The van der Waals surface area contributed by atoms with Crippen molar-refractivity contribution in [2.24, 2.45) is 11.8 Å². The maximum Gasteiger partial charge on any atom is 0.326 e. The Balaban J connectivity index is 2.47. The molecule has 0 saturated heterocycles. The Bertz CT molecular complexity index is 915. The van der Waals surface area contributed by atoms with Gasteiger partial charge in [0.2, 0.25) is 17.7 Å². The Morgan fingerprint density at radius 2 is 1.34 bits per heavy atom. The van der Waals surface area contributed by atoms with E-state index in [2.05, 4.69) is 16.0 Å². The summed E-state index contributed by atoms with van der Waals surface area (Å²) in [5.41, 5.74) is 0. The normalized spacial score (nSPS) is 18.0. The average Bonchev–Trinajstić information content (AvgIpc) is 2.92. The van der Waals surface area contributed by atoms with Crippen LogP contribution in [0.15, 0.2) is 0 Å². The second kappa shape index (κ2) is 19.5. The fourth-order valence-electron chi connectivity index (χ4n) is 4.80. The van der Waals surface area contributed by atoms with Gasteiger partial charge in [0, 0.05) is 44.6 Å². The topological polar surface area (TPSA) is 216 Å². The van der Waals surface area contributed by atoms with Gasteiger partial charge in [-0.15, -0.1) is 0 Å². The summed E-state index contributed by atoms with van der Waals surface area (Å²) in [7, 11) is 0. The molecular weight excluding hydrogens is 538 g/mol. The van der Waals surface area contributed by atoms with Crippen molar-refractivity contribution in [3.63, 3.8) is 0 Å². The molecule has 232 valence electrons. The van der Waals surface area contributed by atoms with Crippen LogP contribution in [0.3, 0.4) is 0 Å². The highest BCUT2D eigenvalue weighted by molar-refractivity contribution is 5.89. The smallest absolute Gasteiger partial charge is 0.326 e. The lowest BCUT2D eigenvalue weighted by Crippen LogP contribution is -2.48. The van der Waals surface area contributed by atoms with Crippen LogP contribution < -0.4 is 16.0 Å². The summed E-state index contributed by atoms with van der Waals surface area (Å²) in [6, 6.07) is -2.36. The van der Waals surface area contributed by atoms with E-state index in [-0.39, 0.29) is 43.8 Å². The van der Waals surface area contributed by atoms with Crippen LogP contribution >= 0.6 is 0 Å². The molecule has 1 saturated carbocycles. The molecule has 13 nitrogen and oxygen atoms in total. The summed E-state index contributed by atoms with van der Waals surface area (Å²) in [4.78, 5) is 82.7. The lowest BCUT2D eigenvalue weighted by molar-refractivity contribution is -0.143. The van der Waals surface area contributed by atoms with Crippen LogP contribution in [-0.2, 0) is 33.6 Å². The first-order chi connectivity index (χ1) is 19.4. The zero-order chi connectivity index (χ0) is 30.8. The molecule has 0 aliphatic heterocycles. The molecule has 41 heavy (non-hydrogen) atoms. The van der Waals surface area contributed by atoms with E-state index in [0.717, 1.165) is 12.8 Å². The summed E-state index contributed by atoms with van der Waals surface area (Å²) < 4.78 is 0. The van der Waals surface area contributed by atoms with Crippen molar-refractivity contribution in [2.45, 2.75) is 115 Å². The third-order valence-corrected chi connectivity index (χ3v) is 7.27. The molecule has 0 heterocycles. The minimum absolute atomic E-state index is 0.0577. The van der Waals surface area contributed by atoms with Gasteiger partial charge in [-0.05, 0) is 70.1 Å². The largest absolute Gasteiger partial charge is 0.481 e. The number of Topliss-reactive ketones (excluding diaryl/α,β-unsaturated/α-hetero) is 1. The molecule has 1 aliphatic rings. The Morgan fingerprint density at radius 3 is 1.93 bits per heavy atom. The van der Waals surface area contributed by atoms with Gasteiger partial charge in [-0.3, -0.25) is 28.8 Å². The zero-order valence-corrected chi connectivity index (χ0v) is 23.8. The maximum absolute atomic E-state index is 12.8. The predicted molar refractivity (Wildman–Crippen MR) is 147 cm³/mol. The number of carbonyl (C=O) groups is 7. The summed E-state index contributed by atoms with van der Waals surface area (Å²) in [5.74, 6) is -4.77. The Labute approximate surface area is 240 Å². The van der Waals surface area contributed by atoms with Gasteiger partial charge in [0.15, 0.2) is 0 Å². The summed E-state index contributed by atoms with van der Waals surface area (Å²) in [6.45, 7) is 2.21. The van der Waals surface area contributed by atoms with Crippen LogP contribution in [-0.4, -0.2) is 75.4 Å². The van der Waals surface area contributed by atoms with E-state index < -0.39 is 47.7 Å². The van der Waals surface area contributed by atoms with Gasteiger partial charge >= 0.3 is 17.9 Å². The van der Waals surface area contributed by atoms with Crippen LogP contribution in [0.4, 0.5) is 0 Å². The SMILES string of the molecule is CCCNC(=O)C(CCC(=O)O)NC(=O)CCC(NC(=O)C1CCC(CCC(=O)CCCCC(=O)O)CC1)C(=O)O. The number of hydrogen-bond donors (Lipinski definition) is 6. The molecule has 0 aromatic carbocycles. The highest BCUT2D eigenvalue weighted by atomic mass is 16.4. The van der Waals surface area contributed by atoms with E-state index in [1.807, 2.05) is 6.92 Å². The van der Waals surface area contributed by atoms with Gasteiger partial charge in [-0.25, -0.2) is 4.79 Å². The summed E-state index contributed by atoms with van der Waals surface area (Å²) in [5, 5.41) is 34.7. The Hall–Kier alpha value is -3.51. The minimum atomic E-state index is -1.30. The van der Waals surface area contributed by atoms with E-state index in [1.165, 1.54) is 0 Å². The van der Waals surface area contributed by atoms with Gasteiger partial charge in [-0.2, -0.15) is 0 Å². The number of rotatable bonds is 21. The third kappa shape index (κ3) is 15.8. The molecule has 1 fully saturated rings. The van der Waals surface area contributed by atoms with Crippen molar-refractivity contribution in [1.29, 1.82) is 0 Å².